The Morgan fingerprint density at radius 3 is 2.45 bits per heavy atom. The molecule has 0 unspecified atom stereocenters. The van der Waals surface area contributed by atoms with Crippen molar-refractivity contribution in [2.45, 2.75) is 0 Å². The van der Waals surface area contributed by atoms with Gasteiger partial charge >= 0.3 is 5.97 Å². The van der Waals surface area contributed by atoms with Gasteiger partial charge in [0.25, 0.3) is 5.91 Å². The van der Waals surface area contributed by atoms with E-state index in [1.54, 1.807) is 36.5 Å². The van der Waals surface area contributed by atoms with Gasteiger partial charge in [-0.1, -0.05) is 23.7 Å². The van der Waals surface area contributed by atoms with E-state index in [1.807, 2.05) is 0 Å². The molecule has 1 aromatic heterocycles. The maximum Gasteiger partial charge on any atom is 0.338 e. The zero-order chi connectivity index (χ0) is 20.8. The second kappa shape index (κ2) is 9.11. The fraction of sp³-hybridized carbons (Fsp3) is 0.150. The fourth-order valence-corrected chi connectivity index (χ4v) is 2.73. The molecular formula is C20H17ClN2O6. The first kappa shape index (κ1) is 20.2. The van der Waals surface area contributed by atoms with E-state index >= 15 is 0 Å². The molecular weight excluding hydrogens is 400 g/mol. The van der Waals surface area contributed by atoms with Gasteiger partial charge in [-0.25, -0.2) is 9.78 Å². The van der Waals surface area contributed by atoms with Crippen LogP contribution in [0, 0.1) is 0 Å². The lowest BCUT2D eigenvalue weighted by atomic mass is 10.1. The summed E-state index contributed by atoms with van der Waals surface area (Å²) in [4.78, 5) is 28.2. The Kier molecular flexibility index (Phi) is 6.36. The van der Waals surface area contributed by atoms with Crippen molar-refractivity contribution in [1.29, 1.82) is 0 Å². The second-order valence-corrected chi connectivity index (χ2v) is 6.16. The summed E-state index contributed by atoms with van der Waals surface area (Å²) in [5.41, 5.74) is 1.39. The van der Waals surface area contributed by atoms with Crippen molar-refractivity contribution in [3.63, 3.8) is 0 Å². The molecule has 3 aromatic rings. The quantitative estimate of drug-likeness (QED) is 0.584. The summed E-state index contributed by atoms with van der Waals surface area (Å²) in [5.74, 6) is 0.159. The van der Waals surface area contributed by atoms with Gasteiger partial charge in [-0.05, 0) is 18.2 Å². The van der Waals surface area contributed by atoms with Crippen LogP contribution >= 0.6 is 11.6 Å². The van der Waals surface area contributed by atoms with E-state index in [0.29, 0.717) is 33.5 Å². The topological polar surface area (TPSA) is 99.9 Å². The van der Waals surface area contributed by atoms with Gasteiger partial charge in [-0.15, -0.1) is 0 Å². The third-order valence-electron chi connectivity index (χ3n) is 3.92. The standard InChI is InChI=1S/C20H17ClN2O6/c1-26-16-8-17(27-2)15(7-14(16)21)23-19(24)10-28-20(25)13-5-3-12(4-6-13)18-9-22-11-29-18/h3-9,11H,10H2,1-2H3,(H,23,24). The van der Waals surface area contributed by atoms with Crippen molar-refractivity contribution in [3.05, 3.63) is 59.6 Å². The van der Waals surface area contributed by atoms with E-state index in [1.165, 1.54) is 26.7 Å². The molecule has 29 heavy (non-hydrogen) atoms. The van der Waals surface area contributed by atoms with Crippen LogP contribution in [0.15, 0.2) is 53.4 Å². The van der Waals surface area contributed by atoms with Crippen LogP contribution in [0.2, 0.25) is 5.02 Å². The maximum atomic E-state index is 12.2. The molecule has 8 nitrogen and oxygen atoms in total. The molecule has 3 rings (SSSR count). The lowest BCUT2D eigenvalue weighted by molar-refractivity contribution is -0.119. The first-order chi connectivity index (χ1) is 14.0. The highest BCUT2D eigenvalue weighted by molar-refractivity contribution is 6.32. The molecule has 1 heterocycles. The first-order valence-corrected chi connectivity index (χ1v) is 8.77. The maximum absolute atomic E-state index is 12.2. The van der Waals surface area contributed by atoms with Crippen LogP contribution in [0.25, 0.3) is 11.3 Å². The third kappa shape index (κ3) is 4.85. The Labute approximate surface area is 171 Å². The second-order valence-electron chi connectivity index (χ2n) is 5.75. The smallest absolute Gasteiger partial charge is 0.338 e. The Balaban J connectivity index is 1.59. The number of carbonyl (C=O) groups excluding carboxylic acids is 2. The molecule has 1 N–H and O–H groups in total. The van der Waals surface area contributed by atoms with Gasteiger partial charge in [-0.2, -0.15) is 0 Å². The Bertz CT molecular complexity index is 1000. The van der Waals surface area contributed by atoms with Gasteiger partial charge < -0.3 is 23.9 Å². The van der Waals surface area contributed by atoms with Gasteiger partial charge in [-0.3, -0.25) is 4.79 Å². The van der Waals surface area contributed by atoms with Crippen molar-refractivity contribution in [1.82, 2.24) is 4.98 Å². The number of nitrogens with zero attached hydrogens (tertiary/aromatic N) is 1. The number of ether oxygens (including phenoxy) is 3. The van der Waals surface area contributed by atoms with Gasteiger partial charge in [0.2, 0.25) is 0 Å². The van der Waals surface area contributed by atoms with Crippen LogP contribution in [-0.2, 0) is 9.53 Å². The summed E-state index contributed by atoms with van der Waals surface area (Å²) >= 11 is 6.07. The average Bonchev–Trinajstić information content (AvgIpc) is 3.27. The first-order valence-electron chi connectivity index (χ1n) is 8.39. The highest BCUT2D eigenvalue weighted by Crippen LogP contribution is 2.35. The Hall–Kier alpha value is -3.52. The van der Waals surface area contributed by atoms with Gasteiger partial charge in [0.1, 0.15) is 11.5 Å². The summed E-state index contributed by atoms with van der Waals surface area (Å²) in [5, 5.41) is 2.89. The highest BCUT2D eigenvalue weighted by atomic mass is 35.5. The number of halogens is 1. The van der Waals surface area contributed by atoms with E-state index in [0.717, 1.165) is 5.56 Å². The van der Waals surface area contributed by atoms with Crippen LogP contribution in [0.4, 0.5) is 5.69 Å². The summed E-state index contributed by atoms with van der Waals surface area (Å²) < 4.78 is 20.6. The third-order valence-corrected chi connectivity index (χ3v) is 4.22. The highest BCUT2D eigenvalue weighted by Gasteiger charge is 2.15. The molecule has 0 bridgehead atoms. The molecule has 0 spiro atoms. The van der Waals surface area contributed by atoms with Crippen LogP contribution in [0.3, 0.4) is 0 Å². The lowest BCUT2D eigenvalue weighted by Gasteiger charge is -2.13. The monoisotopic (exact) mass is 416 g/mol. The van der Waals surface area contributed by atoms with Gasteiger partial charge in [0.15, 0.2) is 18.8 Å². The number of amides is 1. The Morgan fingerprint density at radius 1 is 1.10 bits per heavy atom. The number of methoxy groups -OCH3 is 2. The number of nitrogens with one attached hydrogen (secondary N) is 1. The van der Waals surface area contributed by atoms with Gasteiger partial charge in [0, 0.05) is 11.6 Å². The lowest BCUT2D eigenvalue weighted by Crippen LogP contribution is -2.21. The van der Waals surface area contributed by atoms with Crippen molar-refractivity contribution >= 4 is 29.2 Å². The minimum atomic E-state index is -0.635. The normalized spacial score (nSPS) is 10.3. The van der Waals surface area contributed by atoms with E-state index in [9.17, 15) is 9.59 Å². The molecule has 0 aliphatic carbocycles. The molecule has 0 atom stereocenters. The molecule has 0 saturated carbocycles. The number of carbonyl (C=O) groups is 2. The molecule has 2 aromatic carbocycles. The van der Waals surface area contributed by atoms with Gasteiger partial charge in [0.05, 0.1) is 36.7 Å². The molecule has 0 radical (unpaired) electrons. The van der Waals surface area contributed by atoms with Crippen molar-refractivity contribution < 1.29 is 28.2 Å². The predicted octanol–water partition coefficient (Wildman–Crippen LogP) is 3.81. The largest absolute Gasteiger partial charge is 0.495 e. The van der Waals surface area contributed by atoms with Crippen molar-refractivity contribution in [2.75, 3.05) is 26.1 Å². The molecule has 9 heteroatoms. The van der Waals surface area contributed by atoms with E-state index < -0.39 is 18.5 Å². The number of esters is 1. The Morgan fingerprint density at radius 2 is 1.83 bits per heavy atom. The molecule has 0 fully saturated rings. The molecule has 150 valence electrons. The minimum Gasteiger partial charge on any atom is -0.495 e. The summed E-state index contributed by atoms with van der Waals surface area (Å²) in [6, 6.07) is 9.57. The van der Waals surface area contributed by atoms with E-state index in [-0.39, 0.29) is 0 Å². The number of anilines is 1. The number of hydrogen-bond acceptors (Lipinski definition) is 7. The van der Waals surface area contributed by atoms with Crippen LogP contribution in [0.5, 0.6) is 11.5 Å². The van der Waals surface area contributed by atoms with Crippen LogP contribution < -0.4 is 14.8 Å². The number of hydrogen-bond donors (Lipinski definition) is 1. The van der Waals surface area contributed by atoms with E-state index in [4.69, 9.17) is 30.2 Å². The summed E-state index contributed by atoms with van der Waals surface area (Å²) in [6.07, 6.45) is 2.89. The summed E-state index contributed by atoms with van der Waals surface area (Å²) in [6.45, 7) is -0.477. The predicted molar refractivity (Wildman–Crippen MR) is 105 cm³/mol. The molecule has 0 saturated heterocycles. The van der Waals surface area contributed by atoms with Crippen molar-refractivity contribution in [2.24, 2.45) is 0 Å². The van der Waals surface area contributed by atoms with Crippen molar-refractivity contribution in [3.8, 4) is 22.8 Å². The zero-order valence-corrected chi connectivity index (χ0v) is 16.4. The molecule has 0 aliphatic heterocycles. The molecule has 0 aliphatic rings. The zero-order valence-electron chi connectivity index (χ0n) is 15.6. The van der Waals surface area contributed by atoms with Crippen LogP contribution in [-0.4, -0.2) is 37.7 Å². The number of rotatable bonds is 7. The molecule has 1 amide bonds. The minimum absolute atomic E-state index is 0.297. The number of benzene rings is 2. The number of aromatic nitrogens is 1. The van der Waals surface area contributed by atoms with Crippen LogP contribution in [0.1, 0.15) is 10.4 Å². The number of oxazole rings is 1. The fourth-order valence-electron chi connectivity index (χ4n) is 2.49. The summed E-state index contributed by atoms with van der Waals surface area (Å²) in [7, 11) is 2.91. The van der Waals surface area contributed by atoms with E-state index in [2.05, 4.69) is 10.3 Å². The SMILES string of the molecule is COc1cc(OC)c(NC(=O)COC(=O)c2ccc(-c3cnco3)cc2)cc1Cl. The average molecular weight is 417 g/mol.